The fourth-order valence-electron chi connectivity index (χ4n) is 2.06. The van der Waals surface area contributed by atoms with Gasteiger partial charge < -0.3 is 15.4 Å². The van der Waals surface area contributed by atoms with Gasteiger partial charge in [0.15, 0.2) is 6.61 Å². The molecule has 0 saturated heterocycles. The summed E-state index contributed by atoms with van der Waals surface area (Å²) in [6.45, 7) is 1.06. The van der Waals surface area contributed by atoms with E-state index in [4.69, 9.17) is 16.3 Å². The number of hydrogen-bond acceptors (Lipinski definition) is 5. The minimum Gasteiger partial charge on any atom is -0.456 e. The number of benzene rings is 2. The smallest absolute Gasteiger partial charge is 0.307 e. The van der Waals surface area contributed by atoms with Crippen LogP contribution in [0.4, 0.5) is 11.4 Å². The van der Waals surface area contributed by atoms with Gasteiger partial charge in [-0.05, 0) is 36.4 Å². The first kappa shape index (κ1) is 20.8. The highest BCUT2D eigenvalue weighted by molar-refractivity contribution is 7.99. The molecular weight excluding hydrogens is 388 g/mol. The zero-order chi connectivity index (χ0) is 19.6. The lowest BCUT2D eigenvalue weighted by molar-refractivity contribution is -0.146. The van der Waals surface area contributed by atoms with Crippen LogP contribution in [0.5, 0.6) is 0 Å². The van der Waals surface area contributed by atoms with Crippen LogP contribution < -0.4 is 10.6 Å². The fraction of sp³-hybridized carbons (Fsp3) is 0.211. The summed E-state index contributed by atoms with van der Waals surface area (Å²) in [5.41, 5.74) is 1.17. The van der Waals surface area contributed by atoms with Crippen molar-refractivity contribution < 1.29 is 19.1 Å². The second kappa shape index (κ2) is 10.6. The van der Waals surface area contributed by atoms with Crippen molar-refractivity contribution in [1.82, 2.24) is 0 Å². The molecule has 0 unspecified atom stereocenters. The SMILES string of the molecule is CC(=O)Nc1ccc(NC(=O)COC(=O)CCSc2ccccc2Cl)cc1. The van der Waals surface area contributed by atoms with Gasteiger partial charge in [-0.2, -0.15) is 0 Å². The minimum absolute atomic E-state index is 0.175. The number of esters is 1. The molecule has 0 radical (unpaired) electrons. The highest BCUT2D eigenvalue weighted by atomic mass is 35.5. The second-order valence-corrected chi connectivity index (χ2v) is 7.04. The zero-order valence-corrected chi connectivity index (χ0v) is 16.2. The van der Waals surface area contributed by atoms with Crippen LogP contribution in [-0.4, -0.2) is 30.1 Å². The van der Waals surface area contributed by atoms with Gasteiger partial charge in [0.25, 0.3) is 5.91 Å². The first-order chi connectivity index (χ1) is 12.9. The highest BCUT2D eigenvalue weighted by Crippen LogP contribution is 2.26. The molecule has 2 amide bonds. The first-order valence-electron chi connectivity index (χ1n) is 8.14. The van der Waals surface area contributed by atoms with Gasteiger partial charge >= 0.3 is 5.97 Å². The average molecular weight is 407 g/mol. The van der Waals surface area contributed by atoms with Gasteiger partial charge in [-0.1, -0.05) is 23.7 Å². The van der Waals surface area contributed by atoms with E-state index in [9.17, 15) is 14.4 Å². The van der Waals surface area contributed by atoms with E-state index in [1.807, 2.05) is 18.2 Å². The van der Waals surface area contributed by atoms with Crippen molar-refractivity contribution in [1.29, 1.82) is 0 Å². The molecule has 2 rings (SSSR count). The molecule has 2 aromatic carbocycles. The number of ether oxygens (including phenoxy) is 1. The normalized spacial score (nSPS) is 10.1. The van der Waals surface area contributed by atoms with Crippen molar-refractivity contribution in [3.8, 4) is 0 Å². The number of rotatable bonds is 8. The summed E-state index contributed by atoms with van der Waals surface area (Å²) in [6.07, 6.45) is 0.175. The number of nitrogens with one attached hydrogen (secondary N) is 2. The highest BCUT2D eigenvalue weighted by Gasteiger charge is 2.09. The van der Waals surface area contributed by atoms with Crippen LogP contribution in [0.1, 0.15) is 13.3 Å². The van der Waals surface area contributed by atoms with Gasteiger partial charge in [-0.3, -0.25) is 14.4 Å². The standard InChI is InChI=1S/C19H19ClN2O4S/c1-13(23)21-14-6-8-15(9-7-14)22-18(24)12-26-19(25)10-11-27-17-5-3-2-4-16(17)20/h2-9H,10-12H2,1H3,(H,21,23)(H,22,24). The van der Waals surface area contributed by atoms with Gasteiger partial charge in [0.1, 0.15) is 0 Å². The lowest BCUT2D eigenvalue weighted by Gasteiger charge is -2.08. The predicted octanol–water partition coefficient (Wildman–Crippen LogP) is 3.96. The average Bonchev–Trinajstić information content (AvgIpc) is 2.63. The molecule has 0 spiro atoms. The molecule has 8 heteroatoms. The third-order valence-corrected chi connectivity index (χ3v) is 4.77. The predicted molar refractivity (Wildman–Crippen MR) is 107 cm³/mol. The van der Waals surface area contributed by atoms with Gasteiger partial charge in [0, 0.05) is 28.9 Å². The molecule has 2 N–H and O–H groups in total. The maximum Gasteiger partial charge on any atom is 0.307 e. The summed E-state index contributed by atoms with van der Waals surface area (Å²) < 4.78 is 4.97. The zero-order valence-electron chi connectivity index (χ0n) is 14.7. The van der Waals surface area contributed by atoms with Crippen LogP contribution in [0.3, 0.4) is 0 Å². The lowest BCUT2D eigenvalue weighted by Crippen LogP contribution is -2.21. The molecule has 2 aromatic rings. The summed E-state index contributed by atoms with van der Waals surface area (Å²) in [6, 6.07) is 14.0. The number of carbonyl (C=O) groups is 3. The van der Waals surface area contributed by atoms with Crippen LogP contribution in [-0.2, 0) is 19.1 Å². The Balaban J connectivity index is 1.68. The van der Waals surface area contributed by atoms with Gasteiger partial charge in [-0.15, -0.1) is 11.8 Å². The Hall–Kier alpha value is -2.51. The van der Waals surface area contributed by atoms with Crippen LogP contribution in [0.15, 0.2) is 53.4 Å². The van der Waals surface area contributed by atoms with Gasteiger partial charge in [0.2, 0.25) is 5.91 Å². The van der Waals surface area contributed by atoms with E-state index in [0.717, 1.165) is 4.90 Å². The number of amides is 2. The van der Waals surface area contributed by atoms with E-state index in [0.29, 0.717) is 22.2 Å². The van der Waals surface area contributed by atoms with Crippen molar-refractivity contribution in [2.24, 2.45) is 0 Å². The molecule has 0 aliphatic carbocycles. The summed E-state index contributed by atoms with van der Waals surface area (Å²) in [5, 5.41) is 5.88. The van der Waals surface area contributed by atoms with E-state index < -0.39 is 11.9 Å². The monoisotopic (exact) mass is 406 g/mol. The largest absolute Gasteiger partial charge is 0.456 e. The molecule has 0 fully saturated rings. The maximum atomic E-state index is 11.8. The van der Waals surface area contributed by atoms with Crippen molar-refractivity contribution in [2.45, 2.75) is 18.2 Å². The maximum absolute atomic E-state index is 11.8. The third kappa shape index (κ3) is 7.72. The van der Waals surface area contributed by atoms with E-state index in [2.05, 4.69) is 10.6 Å². The topological polar surface area (TPSA) is 84.5 Å². The van der Waals surface area contributed by atoms with Crippen molar-refractivity contribution in [3.05, 3.63) is 53.6 Å². The molecule has 0 aliphatic rings. The summed E-state index contributed by atoms with van der Waals surface area (Å²) in [5.74, 6) is -0.555. The third-order valence-electron chi connectivity index (χ3n) is 3.25. The Kier molecular flexibility index (Phi) is 8.16. The molecule has 0 heterocycles. The Morgan fingerprint density at radius 2 is 1.63 bits per heavy atom. The van der Waals surface area contributed by atoms with Gasteiger partial charge in [-0.25, -0.2) is 0 Å². The molecule has 6 nitrogen and oxygen atoms in total. The van der Waals surface area contributed by atoms with Crippen molar-refractivity contribution in [3.63, 3.8) is 0 Å². The van der Waals surface area contributed by atoms with Crippen LogP contribution >= 0.6 is 23.4 Å². The number of anilines is 2. The van der Waals surface area contributed by atoms with E-state index >= 15 is 0 Å². The molecular formula is C19H19ClN2O4S. The Morgan fingerprint density at radius 3 is 2.26 bits per heavy atom. The Labute approximate surface area is 166 Å². The van der Waals surface area contributed by atoms with Crippen LogP contribution in [0.2, 0.25) is 5.02 Å². The first-order valence-corrected chi connectivity index (χ1v) is 9.51. The molecule has 0 atom stereocenters. The second-order valence-electron chi connectivity index (χ2n) is 5.50. The van der Waals surface area contributed by atoms with E-state index in [1.54, 1.807) is 30.3 Å². The molecule has 0 bridgehead atoms. The minimum atomic E-state index is -0.453. The summed E-state index contributed by atoms with van der Waals surface area (Å²) in [7, 11) is 0. The lowest BCUT2D eigenvalue weighted by atomic mass is 10.2. The summed E-state index contributed by atoms with van der Waals surface area (Å²) in [4.78, 5) is 35.4. The molecule has 0 aliphatic heterocycles. The molecule has 142 valence electrons. The Bertz CT molecular complexity index is 812. The Morgan fingerprint density at radius 1 is 1.00 bits per heavy atom. The quantitative estimate of drug-likeness (QED) is 0.512. The summed E-state index contributed by atoms with van der Waals surface area (Å²) >= 11 is 7.50. The molecule has 0 aromatic heterocycles. The number of halogens is 1. The number of hydrogen-bond donors (Lipinski definition) is 2. The van der Waals surface area contributed by atoms with Crippen LogP contribution in [0, 0.1) is 0 Å². The number of thioether (sulfide) groups is 1. The van der Waals surface area contributed by atoms with Crippen LogP contribution in [0.25, 0.3) is 0 Å². The van der Waals surface area contributed by atoms with Crippen molar-refractivity contribution in [2.75, 3.05) is 23.0 Å². The molecule has 27 heavy (non-hydrogen) atoms. The van der Waals surface area contributed by atoms with E-state index in [1.165, 1.54) is 18.7 Å². The van der Waals surface area contributed by atoms with E-state index in [-0.39, 0.29) is 18.9 Å². The fourth-order valence-corrected chi connectivity index (χ4v) is 3.23. The van der Waals surface area contributed by atoms with Crippen molar-refractivity contribution >= 4 is 52.5 Å². The number of carbonyl (C=O) groups excluding carboxylic acids is 3. The molecule has 0 saturated carbocycles. The van der Waals surface area contributed by atoms with Gasteiger partial charge in [0.05, 0.1) is 11.4 Å².